The predicted octanol–water partition coefficient (Wildman–Crippen LogP) is 4.85. The summed E-state index contributed by atoms with van der Waals surface area (Å²) in [4.78, 5) is 28.3. The van der Waals surface area contributed by atoms with E-state index in [9.17, 15) is 4.79 Å². The first kappa shape index (κ1) is 22.9. The second-order valence-corrected chi connectivity index (χ2v) is 9.88. The highest BCUT2D eigenvalue weighted by molar-refractivity contribution is 6.33. The lowest BCUT2D eigenvalue weighted by Crippen LogP contribution is -2.37. The van der Waals surface area contributed by atoms with Gasteiger partial charge in [0, 0.05) is 49.5 Å². The number of carbonyl (C=O) groups excluding carboxylic acids is 1. The van der Waals surface area contributed by atoms with Gasteiger partial charge in [-0.25, -0.2) is 4.98 Å². The number of halogens is 1. The number of anilines is 2. The molecule has 36 heavy (non-hydrogen) atoms. The fraction of sp³-hybridized carbons (Fsp3) is 0.286. The van der Waals surface area contributed by atoms with E-state index in [0.29, 0.717) is 17.4 Å². The van der Waals surface area contributed by atoms with E-state index in [0.717, 1.165) is 61.1 Å². The molecule has 1 unspecified atom stereocenters. The minimum atomic E-state index is -0.0330. The normalized spacial score (nSPS) is 17.2. The van der Waals surface area contributed by atoms with Crippen molar-refractivity contribution in [2.45, 2.75) is 25.8 Å². The summed E-state index contributed by atoms with van der Waals surface area (Å²) in [6.45, 7) is 3.43. The number of carbonyl (C=O) groups is 1. The molecule has 0 spiro atoms. The first-order valence-corrected chi connectivity index (χ1v) is 12.8. The van der Waals surface area contributed by atoms with Crippen molar-refractivity contribution in [3.63, 3.8) is 0 Å². The molecule has 4 heterocycles. The molecule has 7 nitrogen and oxygen atoms in total. The lowest BCUT2D eigenvalue weighted by molar-refractivity contribution is -0.120. The lowest BCUT2D eigenvalue weighted by atomic mass is 9.99. The minimum Gasteiger partial charge on any atom is -0.367 e. The zero-order chi connectivity index (χ0) is 24.5. The van der Waals surface area contributed by atoms with Crippen LogP contribution in [0.15, 0.2) is 61.1 Å². The van der Waals surface area contributed by atoms with Crippen molar-refractivity contribution in [2.75, 3.05) is 29.9 Å². The van der Waals surface area contributed by atoms with E-state index in [-0.39, 0.29) is 11.8 Å². The van der Waals surface area contributed by atoms with Gasteiger partial charge in [-0.05, 0) is 66.8 Å². The number of nitrogens with zero attached hydrogens (tertiary/aromatic N) is 4. The molecule has 182 valence electrons. The maximum atomic E-state index is 12.7. The van der Waals surface area contributed by atoms with Gasteiger partial charge in [0.05, 0.1) is 22.0 Å². The average Bonchev–Trinajstić information content (AvgIpc) is 3.32. The van der Waals surface area contributed by atoms with Crippen LogP contribution in [0.4, 0.5) is 11.5 Å². The number of pyridine rings is 1. The Bertz CT molecular complexity index is 1430. The smallest absolute Gasteiger partial charge is 0.229 e. The zero-order valence-electron chi connectivity index (χ0n) is 19.9. The molecule has 1 amide bonds. The quantitative estimate of drug-likeness (QED) is 0.409. The molecule has 8 heteroatoms. The third-order valence-electron chi connectivity index (χ3n) is 7.07. The largest absolute Gasteiger partial charge is 0.367 e. The van der Waals surface area contributed by atoms with Crippen LogP contribution in [0.1, 0.15) is 24.0 Å². The molecule has 0 radical (unpaired) electrons. The van der Waals surface area contributed by atoms with Gasteiger partial charge in [0.15, 0.2) is 0 Å². The van der Waals surface area contributed by atoms with Gasteiger partial charge in [-0.1, -0.05) is 29.8 Å². The van der Waals surface area contributed by atoms with Gasteiger partial charge in [0.2, 0.25) is 5.91 Å². The Hall–Kier alpha value is -3.55. The Morgan fingerprint density at radius 1 is 1.08 bits per heavy atom. The second kappa shape index (κ2) is 9.84. The van der Waals surface area contributed by atoms with E-state index in [1.165, 1.54) is 16.8 Å². The van der Waals surface area contributed by atoms with Crippen molar-refractivity contribution in [1.82, 2.24) is 20.3 Å². The van der Waals surface area contributed by atoms with E-state index in [4.69, 9.17) is 11.6 Å². The highest BCUT2D eigenvalue weighted by atomic mass is 35.5. The van der Waals surface area contributed by atoms with Gasteiger partial charge in [0.25, 0.3) is 0 Å². The van der Waals surface area contributed by atoms with Gasteiger partial charge in [-0.3, -0.25) is 14.8 Å². The molecule has 0 bridgehead atoms. The molecule has 1 atom stereocenters. The van der Waals surface area contributed by atoms with Crippen LogP contribution in [0.3, 0.4) is 0 Å². The van der Waals surface area contributed by atoms with Crippen molar-refractivity contribution in [2.24, 2.45) is 5.92 Å². The van der Waals surface area contributed by atoms with Crippen LogP contribution in [-0.4, -0.2) is 40.5 Å². The maximum Gasteiger partial charge on any atom is 0.229 e. The number of benzene rings is 2. The maximum absolute atomic E-state index is 12.7. The summed E-state index contributed by atoms with van der Waals surface area (Å²) in [6, 6.07) is 14.6. The number of hydrogen-bond donors (Lipinski definition) is 2. The van der Waals surface area contributed by atoms with Gasteiger partial charge >= 0.3 is 0 Å². The number of rotatable bonds is 5. The summed E-state index contributed by atoms with van der Waals surface area (Å²) in [5, 5.41) is 6.84. The van der Waals surface area contributed by atoms with Crippen LogP contribution in [-0.2, 0) is 17.8 Å². The summed E-state index contributed by atoms with van der Waals surface area (Å²) < 4.78 is 0. The summed E-state index contributed by atoms with van der Waals surface area (Å²) >= 11 is 6.58. The molecule has 6 rings (SSSR count). The fourth-order valence-electron chi connectivity index (χ4n) is 5.14. The number of aromatic nitrogens is 3. The fourth-order valence-corrected chi connectivity index (χ4v) is 5.35. The van der Waals surface area contributed by atoms with Crippen LogP contribution < -0.4 is 15.5 Å². The summed E-state index contributed by atoms with van der Waals surface area (Å²) in [5.41, 5.74) is 7.41. The number of piperidine rings is 1. The Balaban J connectivity index is 1.24. The number of nitrogens with one attached hydrogen (secondary N) is 2. The molecule has 1 saturated heterocycles. The van der Waals surface area contributed by atoms with Gasteiger partial charge in [-0.2, -0.15) is 0 Å². The average molecular weight is 499 g/mol. The Morgan fingerprint density at radius 3 is 2.83 bits per heavy atom. The summed E-state index contributed by atoms with van der Waals surface area (Å²) in [5.74, 6) is 0.497. The Morgan fingerprint density at radius 2 is 1.97 bits per heavy atom. The molecule has 1 fully saturated rings. The van der Waals surface area contributed by atoms with Crippen LogP contribution in [0, 0.1) is 5.92 Å². The highest BCUT2D eigenvalue weighted by Gasteiger charge is 2.23. The number of amides is 1. The minimum absolute atomic E-state index is 0.00294. The van der Waals surface area contributed by atoms with E-state index < -0.39 is 0 Å². The van der Waals surface area contributed by atoms with Gasteiger partial charge in [0.1, 0.15) is 5.82 Å². The Kier molecular flexibility index (Phi) is 6.25. The molecule has 2 aromatic carbocycles. The molecule has 0 aliphatic carbocycles. The molecular weight excluding hydrogens is 472 g/mol. The topological polar surface area (TPSA) is 83.0 Å². The molecule has 4 aromatic rings. The van der Waals surface area contributed by atoms with Crippen molar-refractivity contribution >= 4 is 40.0 Å². The van der Waals surface area contributed by atoms with Crippen LogP contribution in [0.2, 0.25) is 5.02 Å². The first-order chi connectivity index (χ1) is 17.6. The third kappa shape index (κ3) is 4.64. The summed E-state index contributed by atoms with van der Waals surface area (Å²) in [7, 11) is 0. The van der Waals surface area contributed by atoms with E-state index in [2.05, 4.69) is 60.8 Å². The van der Waals surface area contributed by atoms with Crippen LogP contribution in [0.5, 0.6) is 0 Å². The van der Waals surface area contributed by atoms with Crippen molar-refractivity contribution in [1.29, 1.82) is 0 Å². The van der Waals surface area contributed by atoms with Crippen molar-refractivity contribution in [3.05, 3.63) is 77.2 Å². The van der Waals surface area contributed by atoms with Crippen molar-refractivity contribution < 1.29 is 4.79 Å². The standard InChI is InChI=1S/C28H27ClN6O/c29-23-16-33-27(34-28(36)21-2-1-8-30-15-21)14-22(23)20-5-4-19-7-11-35(26(19)13-20)17-18-3-6-24-25(12-18)32-10-9-31-24/h3-6,9-10,12-14,16,21,30H,1-2,7-8,11,15,17H2,(H,33,34,36). The van der Waals surface area contributed by atoms with E-state index in [1.807, 2.05) is 12.1 Å². The van der Waals surface area contributed by atoms with Gasteiger partial charge in [-0.15, -0.1) is 0 Å². The summed E-state index contributed by atoms with van der Waals surface area (Å²) in [6.07, 6.45) is 7.97. The first-order valence-electron chi connectivity index (χ1n) is 12.4. The molecular formula is C28H27ClN6O. The SMILES string of the molecule is O=C(Nc1cc(-c2ccc3c(c2)N(Cc2ccc4nccnc4c2)CC3)c(Cl)cn1)C1CCCNC1. The molecule has 0 saturated carbocycles. The number of fused-ring (bicyclic) bond motifs is 2. The zero-order valence-corrected chi connectivity index (χ0v) is 20.6. The Labute approximate surface area is 214 Å². The molecule has 2 aromatic heterocycles. The molecule has 2 N–H and O–H groups in total. The molecule has 2 aliphatic heterocycles. The third-order valence-corrected chi connectivity index (χ3v) is 7.37. The monoisotopic (exact) mass is 498 g/mol. The highest BCUT2D eigenvalue weighted by Crippen LogP contribution is 2.37. The molecule has 2 aliphatic rings. The van der Waals surface area contributed by atoms with Crippen LogP contribution in [0.25, 0.3) is 22.2 Å². The van der Waals surface area contributed by atoms with Gasteiger partial charge < -0.3 is 15.5 Å². The van der Waals surface area contributed by atoms with E-state index in [1.54, 1.807) is 18.6 Å². The van der Waals surface area contributed by atoms with E-state index >= 15 is 0 Å². The predicted molar refractivity (Wildman–Crippen MR) is 143 cm³/mol. The second-order valence-electron chi connectivity index (χ2n) is 9.48. The number of hydrogen-bond acceptors (Lipinski definition) is 6. The lowest BCUT2D eigenvalue weighted by Gasteiger charge is -2.22. The van der Waals surface area contributed by atoms with Crippen molar-refractivity contribution in [3.8, 4) is 11.1 Å². The van der Waals surface area contributed by atoms with Crippen LogP contribution >= 0.6 is 11.6 Å².